The zero-order valence-electron chi connectivity index (χ0n) is 16.3. The fraction of sp³-hybridized carbons (Fsp3) is 0.286. The van der Waals surface area contributed by atoms with Crippen molar-refractivity contribution >= 4 is 23.4 Å². The number of hydrogen-bond donors (Lipinski definition) is 0. The van der Waals surface area contributed by atoms with Gasteiger partial charge in [-0.25, -0.2) is 4.79 Å². The first-order valence-corrected chi connectivity index (χ1v) is 9.27. The number of aryl methyl sites for hydroxylation is 3. The summed E-state index contributed by atoms with van der Waals surface area (Å²) in [6, 6.07) is 11.9. The lowest BCUT2D eigenvalue weighted by molar-refractivity contribution is 0.0474. The van der Waals surface area contributed by atoms with Crippen molar-refractivity contribution in [3.8, 4) is 0 Å². The van der Waals surface area contributed by atoms with Gasteiger partial charge < -0.3 is 9.30 Å². The number of carbonyl (C=O) groups is 2. The van der Waals surface area contributed by atoms with Crippen molar-refractivity contribution < 1.29 is 14.3 Å². The van der Waals surface area contributed by atoms with Crippen molar-refractivity contribution in [2.24, 2.45) is 7.05 Å². The standard InChI is InChI=1S/C21H22ClN3O3/c1-13-10-17(15(3)25(13)11-16-8-6-5-7-9-16)18(26)12-28-21(27)19-14(2)23-24(4)20(19)22/h5-10H,11-12H2,1-4H3. The third-order valence-corrected chi connectivity index (χ3v) is 5.18. The molecule has 0 atom stereocenters. The summed E-state index contributed by atoms with van der Waals surface area (Å²) in [5.41, 5.74) is 4.17. The molecule has 0 radical (unpaired) electrons. The van der Waals surface area contributed by atoms with Gasteiger partial charge in [-0.2, -0.15) is 5.10 Å². The summed E-state index contributed by atoms with van der Waals surface area (Å²) in [6.45, 7) is 5.85. The normalized spacial score (nSPS) is 10.9. The van der Waals surface area contributed by atoms with Gasteiger partial charge in [0.1, 0.15) is 10.7 Å². The number of carbonyl (C=O) groups excluding carboxylic acids is 2. The lowest BCUT2D eigenvalue weighted by Crippen LogP contribution is -2.16. The van der Waals surface area contributed by atoms with Crippen LogP contribution in [0.5, 0.6) is 0 Å². The van der Waals surface area contributed by atoms with E-state index in [0.29, 0.717) is 17.8 Å². The van der Waals surface area contributed by atoms with Gasteiger partial charge in [0.25, 0.3) is 0 Å². The molecule has 0 unspecified atom stereocenters. The molecule has 3 rings (SSSR count). The van der Waals surface area contributed by atoms with Crippen LogP contribution in [0.3, 0.4) is 0 Å². The van der Waals surface area contributed by atoms with Crippen LogP contribution in [0.15, 0.2) is 36.4 Å². The van der Waals surface area contributed by atoms with Gasteiger partial charge in [-0.3, -0.25) is 9.48 Å². The molecule has 28 heavy (non-hydrogen) atoms. The molecule has 1 aromatic carbocycles. The molecule has 0 N–H and O–H groups in total. The van der Waals surface area contributed by atoms with Crippen LogP contribution in [0.2, 0.25) is 5.15 Å². The molecular weight excluding hydrogens is 378 g/mol. The first kappa shape index (κ1) is 19.9. The van der Waals surface area contributed by atoms with E-state index in [2.05, 4.69) is 9.67 Å². The summed E-state index contributed by atoms with van der Waals surface area (Å²) in [5, 5.41) is 4.27. The first-order valence-electron chi connectivity index (χ1n) is 8.89. The predicted octanol–water partition coefficient (Wildman–Crippen LogP) is 3.89. The number of rotatable bonds is 6. The van der Waals surface area contributed by atoms with E-state index in [9.17, 15) is 9.59 Å². The Morgan fingerprint density at radius 3 is 2.43 bits per heavy atom. The lowest BCUT2D eigenvalue weighted by atomic mass is 10.1. The van der Waals surface area contributed by atoms with E-state index in [1.165, 1.54) is 4.68 Å². The highest BCUT2D eigenvalue weighted by Gasteiger charge is 2.23. The van der Waals surface area contributed by atoms with Gasteiger partial charge in [-0.05, 0) is 32.4 Å². The molecule has 3 aromatic rings. The number of benzene rings is 1. The van der Waals surface area contributed by atoms with E-state index in [1.54, 1.807) is 14.0 Å². The summed E-state index contributed by atoms with van der Waals surface area (Å²) in [7, 11) is 1.64. The van der Waals surface area contributed by atoms with Crippen LogP contribution in [0.4, 0.5) is 0 Å². The van der Waals surface area contributed by atoms with Gasteiger partial charge in [0.2, 0.25) is 5.78 Å². The summed E-state index contributed by atoms with van der Waals surface area (Å²) in [6.07, 6.45) is 0. The molecule has 0 saturated carbocycles. The van der Waals surface area contributed by atoms with Crippen molar-refractivity contribution in [1.29, 1.82) is 0 Å². The van der Waals surface area contributed by atoms with Gasteiger partial charge in [0.15, 0.2) is 6.61 Å². The van der Waals surface area contributed by atoms with E-state index in [0.717, 1.165) is 17.0 Å². The van der Waals surface area contributed by atoms with Crippen LogP contribution in [-0.4, -0.2) is 32.7 Å². The SMILES string of the molecule is Cc1nn(C)c(Cl)c1C(=O)OCC(=O)c1cc(C)n(Cc2ccccc2)c1C. The van der Waals surface area contributed by atoms with Crippen molar-refractivity contribution in [2.75, 3.05) is 6.61 Å². The minimum atomic E-state index is -0.651. The quantitative estimate of drug-likeness (QED) is 0.466. The maximum Gasteiger partial charge on any atom is 0.343 e. The molecule has 0 spiro atoms. The Morgan fingerprint density at radius 1 is 1.14 bits per heavy atom. The molecule has 7 heteroatoms. The molecule has 0 aliphatic heterocycles. The minimum Gasteiger partial charge on any atom is -0.454 e. The molecule has 146 valence electrons. The fourth-order valence-corrected chi connectivity index (χ4v) is 3.49. The van der Waals surface area contributed by atoms with Crippen LogP contribution >= 0.6 is 11.6 Å². The number of halogens is 1. The van der Waals surface area contributed by atoms with E-state index < -0.39 is 5.97 Å². The molecule has 0 bridgehead atoms. The Labute approximate surface area is 168 Å². The molecule has 2 heterocycles. The number of esters is 1. The highest BCUT2D eigenvalue weighted by molar-refractivity contribution is 6.32. The first-order chi connectivity index (χ1) is 13.3. The number of aromatic nitrogens is 3. The molecule has 0 fully saturated rings. The second-order valence-corrected chi connectivity index (χ2v) is 7.09. The molecule has 6 nitrogen and oxygen atoms in total. The third-order valence-electron chi connectivity index (χ3n) is 4.75. The Balaban J connectivity index is 1.73. The fourth-order valence-electron chi connectivity index (χ4n) is 3.24. The van der Waals surface area contributed by atoms with Crippen molar-refractivity contribution in [1.82, 2.24) is 14.3 Å². The van der Waals surface area contributed by atoms with Gasteiger partial charge >= 0.3 is 5.97 Å². The zero-order valence-corrected chi connectivity index (χ0v) is 17.1. The van der Waals surface area contributed by atoms with Crippen molar-refractivity contribution in [2.45, 2.75) is 27.3 Å². The molecule has 0 amide bonds. The number of Topliss-reactive ketones (excluding diaryl/α,β-unsaturated/α-hetero) is 1. The van der Waals surface area contributed by atoms with Crippen LogP contribution < -0.4 is 0 Å². The predicted molar refractivity (Wildman–Crippen MR) is 107 cm³/mol. The molecule has 0 aliphatic carbocycles. The molecule has 0 saturated heterocycles. The zero-order chi connectivity index (χ0) is 20.4. The average Bonchev–Trinajstić information content (AvgIpc) is 3.09. The summed E-state index contributed by atoms with van der Waals surface area (Å²) in [5.74, 6) is -0.902. The highest BCUT2D eigenvalue weighted by Crippen LogP contribution is 2.21. The summed E-state index contributed by atoms with van der Waals surface area (Å²) >= 11 is 6.08. The Hall–Kier alpha value is -2.86. The van der Waals surface area contributed by atoms with Crippen LogP contribution in [-0.2, 0) is 18.3 Å². The number of hydrogen-bond acceptors (Lipinski definition) is 4. The molecule has 0 aliphatic rings. The van der Waals surface area contributed by atoms with Gasteiger partial charge in [-0.1, -0.05) is 41.9 Å². The lowest BCUT2D eigenvalue weighted by Gasteiger charge is -2.10. The molecular formula is C21H22ClN3O3. The number of ketones is 1. The van der Waals surface area contributed by atoms with Gasteiger partial charge in [0.05, 0.1) is 5.69 Å². The highest BCUT2D eigenvalue weighted by atomic mass is 35.5. The van der Waals surface area contributed by atoms with Crippen LogP contribution in [0.25, 0.3) is 0 Å². The maximum absolute atomic E-state index is 12.6. The largest absolute Gasteiger partial charge is 0.454 e. The van der Waals surface area contributed by atoms with E-state index in [4.69, 9.17) is 16.3 Å². The van der Waals surface area contributed by atoms with Gasteiger partial charge in [0, 0.05) is 30.5 Å². The van der Waals surface area contributed by atoms with Crippen LogP contribution in [0.1, 0.15) is 43.4 Å². The van der Waals surface area contributed by atoms with E-state index in [1.807, 2.05) is 50.2 Å². The Morgan fingerprint density at radius 2 is 1.82 bits per heavy atom. The minimum absolute atomic E-state index is 0.187. The average molecular weight is 400 g/mol. The monoisotopic (exact) mass is 399 g/mol. The van der Waals surface area contributed by atoms with Crippen molar-refractivity contribution in [3.05, 3.63) is 75.3 Å². The summed E-state index contributed by atoms with van der Waals surface area (Å²) < 4.78 is 8.68. The topological polar surface area (TPSA) is 66.1 Å². The van der Waals surface area contributed by atoms with Crippen molar-refractivity contribution in [3.63, 3.8) is 0 Å². The Bertz CT molecular complexity index is 1040. The second-order valence-electron chi connectivity index (χ2n) is 6.73. The molecule has 2 aromatic heterocycles. The second kappa shape index (κ2) is 8.02. The smallest absolute Gasteiger partial charge is 0.343 e. The summed E-state index contributed by atoms with van der Waals surface area (Å²) in [4.78, 5) is 25.0. The third kappa shape index (κ3) is 3.87. The van der Waals surface area contributed by atoms with Crippen LogP contribution in [0, 0.1) is 20.8 Å². The van der Waals surface area contributed by atoms with Gasteiger partial charge in [-0.15, -0.1) is 0 Å². The number of ether oxygens (including phenoxy) is 1. The van der Waals surface area contributed by atoms with E-state index in [-0.39, 0.29) is 23.1 Å². The maximum atomic E-state index is 12.6. The number of nitrogens with zero attached hydrogens (tertiary/aromatic N) is 3. The van der Waals surface area contributed by atoms with E-state index >= 15 is 0 Å². The Kier molecular flexibility index (Phi) is 5.70.